The fraction of sp³-hybridized carbons (Fsp3) is 0.562. The molecule has 1 atom stereocenters. The van der Waals surface area contributed by atoms with Gasteiger partial charge in [0.15, 0.2) is 0 Å². The Labute approximate surface area is 150 Å². The van der Waals surface area contributed by atoms with E-state index in [4.69, 9.17) is 5.73 Å². The molecule has 0 bridgehead atoms. The number of halogens is 1. The summed E-state index contributed by atoms with van der Waals surface area (Å²) in [5.74, 6) is -0.338. The maximum absolute atomic E-state index is 12.6. The highest BCUT2D eigenvalue weighted by Crippen LogP contribution is 2.23. The number of nitrogens with one attached hydrogen (secondary N) is 1. The van der Waals surface area contributed by atoms with Crippen LogP contribution < -0.4 is 11.1 Å². The Balaban J connectivity index is 0.00000288. The lowest BCUT2D eigenvalue weighted by atomic mass is 9.99. The Hall–Kier alpha value is -1.15. The number of sulfonamides is 1. The van der Waals surface area contributed by atoms with Crippen LogP contribution in [-0.2, 0) is 14.8 Å². The number of carbonyl (C=O) groups is 1. The summed E-state index contributed by atoms with van der Waals surface area (Å²) < 4.78 is 26.7. The molecule has 1 aliphatic rings. The van der Waals surface area contributed by atoms with E-state index in [2.05, 4.69) is 5.32 Å². The number of carbonyl (C=O) groups excluding carboxylic acids is 1. The second-order valence-corrected chi connectivity index (χ2v) is 7.74. The molecular weight excluding hydrogens is 350 g/mol. The molecule has 0 radical (unpaired) electrons. The number of unbranched alkanes of at least 4 members (excludes halogenated alkanes) is 1. The normalized spacial score (nSPS) is 18.6. The molecule has 0 aromatic heterocycles. The highest BCUT2D eigenvalue weighted by Gasteiger charge is 2.32. The SMILES string of the molecule is Cl.NCCCCNC(=O)C1CCCN(S(=O)(=O)c2ccccc2)C1. The zero-order valence-corrected chi connectivity index (χ0v) is 15.3. The predicted molar refractivity (Wildman–Crippen MR) is 96.5 cm³/mol. The quantitative estimate of drug-likeness (QED) is 0.704. The minimum Gasteiger partial charge on any atom is -0.356 e. The van der Waals surface area contributed by atoms with Gasteiger partial charge in [-0.1, -0.05) is 18.2 Å². The molecule has 0 saturated carbocycles. The number of hydrogen-bond donors (Lipinski definition) is 2. The molecule has 0 aliphatic carbocycles. The minimum absolute atomic E-state index is 0. The van der Waals surface area contributed by atoms with Crippen molar-refractivity contribution in [2.75, 3.05) is 26.2 Å². The van der Waals surface area contributed by atoms with Crippen molar-refractivity contribution < 1.29 is 13.2 Å². The van der Waals surface area contributed by atoms with E-state index in [1.165, 1.54) is 4.31 Å². The number of amides is 1. The molecule has 3 N–H and O–H groups in total. The zero-order chi connectivity index (χ0) is 16.7. The van der Waals surface area contributed by atoms with Crippen molar-refractivity contribution in [3.8, 4) is 0 Å². The van der Waals surface area contributed by atoms with Crippen LogP contribution >= 0.6 is 12.4 Å². The van der Waals surface area contributed by atoms with E-state index in [0.29, 0.717) is 26.1 Å². The summed E-state index contributed by atoms with van der Waals surface area (Å²) in [5, 5.41) is 2.88. The van der Waals surface area contributed by atoms with Crippen molar-refractivity contribution in [3.63, 3.8) is 0 Å². The maximum atomic E-state index is 12.6. The molecule has 1 unspecified atom stereocenters. The van der Waals surface area contributed by atoms with Gasteiger partial charge in [0, 0.05) is 19.6 Å². The Morgan fingerprint density at radius 3 is 2.62 bits per heavy atom. The van der Waals surface area contributed by atoms with Gasteiger partial charge in [0.05, 0.1) is 10.8 Å². The Morgan fingerprint density at radius 1 is 1.25 bits per heavy atom. The number of piperidine rings is 1. The van der Waals surface area contributed by atoms with Crippen LogP contribution in [0.25, 0.3) is 0 Å². The van der Waals surface area contributed by atoms with E-state index in [-0.39, 0.29) is 35.7 Å². The molecule has 136 valence electrons. The van der Waals surface area contributed by atoms with Gasteiger partial charge in [0.2, 0.25) is 15.9 Å². The van der Waals surface area contributed by atoms with Gasteiger partial charge < -0.3 is 11.1 Å². The third-order valence-corrected chi connectivity index (χ3v) is 5.95. The smallest absolute Gasteiger partial charge is 0.243 e. The summed E-state index contributed by atoms with van der Waals surface area (Å²) in [6.07, 6.45) is 3.15. The van der Waals surface area contributed by atoms with Gasteiger partial charge in [-0.05, 0) is 44.4 Å². The average molecular weight is 376 g/mol. The molecule has 1 aliphatic heterocycles. The zero-order valence-electron chi connectivity index (χ0n) is 13.7. The third kappa shape index (κ3) is 5.44. The Kier molecular flexibility index (Phi) is 8.69. The van der Waals surface area contributed by atoms with Crippen LogP contribution in [0, 0.1) is 5.92 Å². The molecule has 1 aromatic carbocycles. The largest absolute Gasteiger partial charge is 0.356 e. The summed E-state index contributed by atoms with van der Waals surface area (Å²) in [4.78, 5) is 12.5. The Morgan fingerprint density at radius 2 is 1.96 bits per heavy atom. The molecule has 8 heteroatoms. The number of hydrogen-bond acceptors (Lipinski definition) is 4. The minimum atomic E-state index is -3.52. The van der Waals surface area contributed by atoms with Gasteiger partial charge in [-0.2, -0.15) is 4.31 Å². The van der Waals surface area contributed by atoms with Gasteiger partial charge in [0.25, 0.3) is 0 Å². The fourth-order valence-electron chi connectivity index (χ4n) is 2.74. The van der Waals surface area contributed by atoms with E-state index < -0.39 is 10.0 Å². The van der Waals surface area contributed by atoms with Crippen molar-refractivity contribution >= 4 is 28.3 Å². The molecule has 6 nitrogen and oxygen atoms in total. The maximum Gasteiger partial charge on any atom is 0.243 e. The highest BCUT2D eigenvalue weighted by molar-refractivity contribution is 7.89. The van der Waals surface area contributed by atoms with Crippen molar-refractivity contribution in [3.05, 3.63) is 30.3 Å². The molecule has 24 heavy (non-hydrogen) atoms. The molecule has 0 spiro atoms. The van der Waals surface area contributed by atoms with Gasteiger partial charge in [-0.3, -0.25) is 4.79 Å². The first-order valence-electron chi connectivity index (χ1n) is 8.08. The van der Waals surface area contributed by atoms with E-state index in [9.17, 15) is 13.2 Å². The summed E-state index contributed by atoms with van der Waals surface area (Å²) in [6.45, 7) is 1.93. The number of rotatable bonds is 7. The topological polar surface area (TPSA) is 92.5 Å². The van der Waals surface area contributed by atoms with Crippen LogP contribution in [0.2, 0.25) is 0 Å². The van der Waals surface area contributed by atoms with E-state index in [1.807, 2.05) is 0 Å². The monoisotopic (exact) mass is 375 g/mol. The summed E-state index contributed by atoms with van der Waals surface area (Å²) in [7, 11) is -3.52. The summed E-state index contributed by atoms with van der Waals surface area (Å²) >= 11 is 0. The highest BCUT2D eigenvalue weighted by atomic mass is 35.5. The molecular formula is C16H26ClN3O3S. The third-order valence-electron chi connectivity index (χ3n) is 4.07. The van der Waals surface area contributed by atoms with E-state index in [1.54, 1.807) is 30.3 Å². The molecule has 2 rings (SSSR count). The molecule has 1 saturated heterocycles. The van der Waals surface area contributed by atoms with Crippen LogP contribution in [0.4, 0.5) is 0 Å². The first-order valence-corrected chi connectivity index (χ1v) is 9.52. The first-order chi connectivity index (χ1) is 11.1. The number of nitrogens with zero attached hydrogens (tertiary/aromatic N) is 1. The lowest BCUT2D eigenvalue weighted by Crippen LogP contribution is -2.45. The average Bonchev–Trinajstić information content (AvgIpc) is 2.59. The standard InChI is InChI=1S/C16H25N3O3S.ClH/c17-10-4-5-11-18-16(20)14-7-6-12-19(13-14)23(21,22)15-8-2-1-3-9-15;/h1-3,8-9,14H,4-7,10-13,17H2,(H,18,20);1H. The van der Waals surface area contributed by atoms with Crippen LogP contribution in [0.3, 0.4) is 0 Å². The summed E-state index contributed by atoms with van der Waals surface area (Å²) in [6, 6.07) is 8.38. The first kappa shape index (κ1) is 20.9. The van der Waals surface area contributed by atoms with Crippen molar-refractivity contribution in [1.82, 2.24) is 9.62 Å². The second-order valence-electron chi connectivity index (χ2n) is 5.80. The lowest BCUT2D eigenvalue weighted by molar-refractivity contribution is -0.126. The fourth-order valence-corrected chi connectivity index (χ4v) is 4.29. The molecule has 1 heterocycles. The van der Waals surface area contributed by atoms with Crippen molar-refractivity contribution in [1.29, 1.82) is 0 Å². The van der Waals surface area contributed by atoms with Crippen LogP contribution in [0.1, 0.15) is 25.7 Å². The van der Waals surface area contributed by atoms with E-state index in [0.717, 1.165) is 19.3 Å². The van der Waals surface area contributed by atoms with Crippen molar-refractivity contribution in [2.45, 2.75) is 30.6 Å². The van der Waals surface area contributed by atoms with Crippen LogP contribution in [0.15, 0.2) is 35.2 Å². The summed E-state index contributed by atoms with van der Waals surface area (Å²) in [5.41, 5.74) is 5.42. The molecule has 1 aromatic rings. The predicted octanol–water partition coefficient (Wildman–Crippen LogP) is 1.36. The second kappa shape index (κ2) is 9.98. The van der Waals surface area contributed by atoms with E-state index >= 15 is 0 Å². The van der Waals surface area contributed by atoms with Gasteiger partial charge in [-0.25, -0.2) is 8.42 Å². The number of benzene rings is 1. The van der Waals surface area contributed by atoms with Gasteiger partial charge >= 0.3 is 0 Å². The lowest BCUT2D eigenvalue weighted by Gasteiger charge is -2.31. The molecule has 1 amide bonds. The van der Waals surface area contributed by atoms with Gasteiger partial charge in [0.1, 0.15) is 0 Å². The number of nitrogens with two attached hydrogens (primary N) is 1. The van der Waals surface area contributed by atoms with Crippen LogP contribution in [0.5, 0.6) is 0 Å². The van der Waals surface area contributed by atoms with Gasteiger partial charge in [-0.15, -0.1) is 12.4 Å². The van der Waals surface area contributed by atoms with Crippen LogP contribution in [-0.4, -0.2) is 44.8 Å². The Bertz CT molecular complexity index is 610. The van der Waals surface area contributed by atoms with Crippen molar-refractivity contribution in [2.24, 2.45) is 11.7 Å². The molecule has 1 fully saturated rings.